The molecule has 4 nitrogen and oxygen atoms in total. The highest BCUT2D eigenvalue weighted by atomic mass is 16.5. The maximum Gasteiger partial charge on any atom is 0.255 e. The van der Waals surface area contributed by atoms with Crippen molar-refractivity contribution in [3.8, 4) is 11.4 Å². The smallest absolute Gasteiger partial charge is 0.255 e. The molecule has 0 fully saturated rings. The van der Waals surface area contributed by atoms with Gasteiger partial charge in [-0.1, -0.05) is 12.1 Å². The number of carbonyl (C=O) groups excluding carboxylic acids is 1. The Hall–Kier alpha value is -3.01. The van der Waals surface area contributed by atoms with Crippen molar-refractivity contribution in [1.82, 2.24) is 4.57 Å². The molecule has 1 N–H and O–H groups in total. The molecule has 3 aromatic rings. The van der Waals surface area contributed by atoms with Crippen molar-refractivity contribution in [3.63, 3.8) is 0 Å². The number of carbonyl (C=O) groups is 1. The summed E-state index contributed by atoms with van der Waals surface area (Å²) in [6.07, 6.45) is 3.92. The summed E-state index contributed by atoms with van der Waals surface area (Å²) in [6, 6.07) is 18.7. The first kappa shape index (κ1) is 13.9. The monoisotopic (exact) mass is 292 g/mol. The number of hydrogen-bond donors (Lipinski definition) is 1. The highest BCUT2D eigenvalue weighted by Crippen LogP contribution is 2.17. The van der Waals surface area contributed by atoms with Crippen LogP contribution >= 0.6 is 0 Å². The number of nitrogens with one attached hydrogen (secondary N) is 1. The van der Waals surface area contributed by atoms with Crippen LogP contribution in [0.5, 0.6) is 5.75 Å². The fraction of sp³-hybridized carbons (Fsp3) is 0.0556. The average Bonchev–Trinajstić information content (AvgIpc) is 3.10. The van der Waals surface area contributed by atoms with Crippen molar-refractivity contribution in [2.75, 3.05) is 12.4 Å². The molecule has 4 heteroatoms. The molecule has 0 aliphatic carbocycles. The minimum Gasteiger partial charge on any atom is -0.497 e. The van der Waals surface area contributed by atoms with Crippen molar-refractivity contribution in [3.05, 3.63) is 78.6 Å². The Morgan fingerprint density at radius 1 is 1.00 bits per heavy atom. The molecule has 110 valence electrons. The van der Waals surface area contributed by atoms with E-state index in [2.05, 4.69) is 5.32 Å². The predicted molar refractivity (Wildman–Crippen MR) is 86.7 cm³/mol. The van der Waals surface area contributed by atoms with Gasteiger partial charge in [-0.05, 0) is 48.5 Å². The summed E-state index contributed by atoms with van der Waals surface area (Å²) in [5, 5.41) is 2.90. The molecule has 3 rings (SSSR count). The first-order valence-electron chi connectivity index (χ1n) is 6.95. The average molecular weight is 292 g/mol. The third-order valence-electron chi connectivity index (χ3n) is 3.34. The summed E-state index contributed by atoms with van der Waals surface area (Å²) in [6.45, 7) is 0. The summed E-state index contributed by atoms with van der Waals surface area (Å²) >= 11 is 0. The lowest BCUT2D eigenvalue weighted by Crippen LogP contribution is -2.12. The van der Waals surface area contributed by atoms with Gasteiger partial charge >= 0.3 is 0 Å². The molecule has 0 atom stereocenters. The summed E-state index contributed by atoms with van der Waals surface area (Å²) < 4.78 is 7.13. The van der Waals surface area contributed by atoms with Crippen LogP contribution in [0.3, 0.4) is 0 Å². The molecule has 1 amide bonds. The van der Waals surface area contributed by atoms with E-state index in [-0.39, 0.29) is 5.91 Å². The molecule has 0 spiro atoms. The Kier molecular flexibility index (Phi) is 3.92. The van der Waals surface area contributed by atoms with E-state index in [9.17, 15) is 4.79 Å². The van der Waals surface area contributed by atoms with Gasteiger partial charge in [-0.15, -0.1) is 0 Å². The molecule has 0 aliphatic heterocycles. The first-order chi connectivity index (χ1) is 10.8. The van der Waals surface area contributed by atoms with Gasteiger partial charge in [0.05, 0.1) is 7.11 Å². The number of benzene rings is 2. The molecular weight excluding hydrogens is 276 g/mol. The van der Waals surface area contributed by atoms with Crippen LogP contribution in [0.2, 0.25) is 0 Å². The maximum absolute atomic E-state index is 12.3. The highest BCUT2D eigenvalue weighted by molar-refractivity contribution is 6.04. The lowest BCUT2D eigenvalue weighted by Gasteiger charge is -2.09. The largest absolute Gasteiger partial charge is 0.497 e. The van der Waals surface area contributed by atoms with Crippen molar-refractivity contribution in [2.24, 2.45) is 0 Å². The second kappa shape index (κ2) is 6.18. The Labute approximate surface area is 129 Å². The van der Waals surface area contributed by atoms with Crippen molar-refractivity contribution >= 4 is 11.6 Å². The van der Waals surface area contributed by atoms with E-state index in [0.29, 0.717) is 11.3 Å². The van der Waals surface area contributed by atoms with Crippen LogP contribution in [-0.2, 0) is 0 Å². The van der Waals surface area contributed by atoms with Gasteiger partial charge < -0.3 is 14.6 Å². The summed E-state index contributed by atoms with van der Waals surface area (Å²) in [5.74, 6) is 0.497. The number of ether oxygens (including phenoxy) is 1. The van der Waals surface area contributed by atoms with E-state index in [4.69, 9.17) is 4.74 Å². The van der Waals surface area contributed by atoms with E-state index in [1.807, 2.05) is 59.4 Å². The summed E-state index contributed by atoms with van der Waals surface area (Å²) in [4.78, 5) is 12.3. The molecule has 0 bridgehead atoms. The van der Waals surface area contributed by atoms with E-state index in [0.717, 1.165) is 11.4 Å². The quantitative estimate of drug-likeness (QED) is 0.796. The molecule has 0 saturated heterocycles. The fourth-order valence-corrected chi connectivity index (χ4v) is 2.22. The number of aromatic nitrogens is 1. The molecule has 0 unspecified atom stereocenters. The van der Waals surface area contributed by atoms with Gasteiger partial charge in [-0.3, -0.25) is 4.79 Å². The van der Waals surface area contributed by atoms with Crippen molar-refractivity contribution in [2.45, 2.75) is 0 Å². The van der Waals surface area contributed by atoms with E-state index in [1.165, 1.54) is 0 Å². The first-order valence-corrected chi connectivity index (χ1v) is 6.95. The molecule has 1 heterocycles. The predicted octanol–water partition coefficient (Wildman–Crippen LogP) is 3.74. The second-order valence-electron chi connectivity index (χ2n) is 4.83. The molecule has 0 aliphatic rings. The van der Waals surface area contributed by atoms with Gasteiger partial charge in [0.25, 0.3) is 5.91 Å². The number of hydrogen-bond acceptors (Lipinski definition) is 2. The number of nitrogens with zero attached hydrogens (tertiary/aromatic N) is 1. The lowest BCUT2D eigenvalue weighted by molar-refractivity contribution is 0.102. The van der Waals surface area contributed by atoms with Crippen LogP contribution in [0.4, 0.5) is 5.69 Å². The maximum atomic E-state index is 12.3. The Bertz CT molecular complexity index is 779. The minimum atomic E-state index is -0.163. The topological polar surface area (TPSA) is 43.3 Å². The zero-order chi connectivity index (χ0) is 15.4. The Morgan fingerprint density at radius 3 is 2.55 bits per heavy atom. The van der Waals surface area contributed by atoms with Crippen LogP contribution in [0.1, 0.15) is 10.4 Å². The summed E-state index contributed by atoms with van der Waals surface area (Å²) in [5.41, 5.74) is 2.30. The van der Waals surface area contributed by atoms with Crippen LogP contribution in [0, 0.1) is 0 Å². The van der Waals surface area contributed by atoms with E-state index in [1.54, 1.807) is 25.3 Å². The lowest BCUT2D eigenvalue weighted by atomic mass is 10.2. The third kappa shape index (κ3) is 3.01. The number of amides is 1. The van der Waals surface area contributed by atoms with Gasteiger partial charge in [0.2, 0.25) is 0 Å². The van der Waals surface area contributed by atoms with Gasteiger partial charge in [0.1, 0.15) is 5.75 Å². The SMILES string of the molecule is COc1cccc(C(=O)Nc2cccc(-n3cccc3)c2)c1. The zero-order valence-electron chi connectivity index (χ0n) is 12.2. The Morgan fingerprint density at radius 2 is 1.77 bits per heavy atom. The van der Waals surface area contributed by atoms with Crippen LogP contribution < -0.4 is 10.1 Å². The molecule has 0 saturated carbocycles. The van der Waals surface area contributed by atoms with Crippen molar-refractivity contribution in [1.29, 1.82) is 0 Å². The van der Waals surface area contributed by atoms with Crippen LogP contribution in [-0.4, -0.2) is 17.6 Å². The van der Waals surface area contributed by atoms with E-state index >= 15 is 0 Å². The summed E-state index contributed by atoms with van der Waals surface area (Å²) in [7, 11) is 1.58. The zero-order valence-corrected chi connectivity index (χ0v) is 12.2. The Balaban J connectivity index is 1.80. The minimum absolute atomic E-state index is 0.163. The fourth-order valence-electron chi connectivity index (χ4n) is 2.22. The van der Waals surface area contributed by atoms with Gasteiger partial charge in [0, 0.05) is 29.3 Å². The van der Waals surface area contributed by atoms with E-state index < -0.39 is 0 Å². The molecular formula is C18H16N2O2. The highest BCUT2D eigenvalue weighted by Gasteiger charge is 2.07. The molecule has 1 aromatic heterocycles. The van der Waals surface area contributed by atoms with Crippen molar-refractivity contribution < 1.29 is 9.53 Å². The number of rotatable bonds is 4. The molecule has 0 radical (unpaired) electrons. The van der Waals surface area contributed by atoms with Crippen LogP contribution in [0.15, 0.2) is 73.1 Å². The third-order valence-corrected chi connectivity index (χ3v) is 3.34. The van der Waals surface area contributed by atoms with Gasteiger partial charge in [-0.2, -0.15) is 0 Å². The van der Waals surface area contributed by atoms with Gasteiger partial charge in [-0.25, -0.2) is 0 Å². The normalized spacial score (nSPS) is 10.2. The standard InChI is InChI=1S/C18H16N2O2/c1-22-17-9-4-6-14(12-17)18(21)19-15-7-5-8-16(13-15)20-10-2-3-11-20/h2-13H,1H3,(H,19,21). The number of anilines is 1. The second-order valence-corrected chi connectivity index (χ2v) is 4.83. The molecule has 2 aromatic carbocycles. The number of methoxy groups -OCH3 is 1. The van der Waals surface area contributed by atoms with Gasteiger partial charge in [0.15, 0.2) is 0 Å². The molecule has 22 heavy (non-hydrogen) atoms. The van der Waals surface area contributed by atoms with Crippen LogP contribution in [0.25, 0.3) is 5.69 Å².